The number of nitrogens with zero attached hydrogens (tertiary/aromatic N) is 2. The van der Waals surface area contributed by atoms with Gasteiger partial charge in [-0.1, -0.05) is 30.9 Å². The van der Waals surface area contributed by atoms with Gasteiger partial charge in [-0.15, -0.1) is 0 Å². The fraction of sp³-hybridized carbons (Fsp3) is 0.440. The summed E-state index contributed by atoms with van der Waals surface area (Å²) in [7, 11) is 0. The zero-order chi connectivity index (χ0) is 23.3. The Kier molecular flexibility index (Phi) is 5.30. The Morgan fingerprint density at radius 2 is 1.91 bits per heavy atom. The number of hydrogen-bond acceptors (Lipinski definition) is 5. The number of halogens is 1. The molecule has 0 radical (unpaired) electrons. The number of amides is 3. The summed E-state index contributed by atoms with van der Waals surface area (Å²) in [6.45, 7) is 3.53. The Hall–Kier alpha value is -2.97. The highest BCUT2D eigenvalue weighted by Gasteiger charge is 2.44. The lowest BCUT2D eigenvalue weighted by atomic mass is 9.74. The number of carbonyl (C=O) groups is 2. The number of urea groups is 1. The van der Waals surface area contributed by atoms with Gasteiger partial charge in [-0.05, 0) is 37.1 Å². The van der Waals surface area contributed by atoms with Crippen LogP contribution in [0.15, 0.2) is 39.4 Å². The minimum atomic E-state index is -0.519. The second kappa shape index (κ2) is 8.36. The highest BCUT2D eigenvalue weighted by atomic mass is 35.5. The van der Waals surface area contributed by atoms with Crippen LogP contribution in [0.4, 0.5) is 10.5 Å². The van der Waals surface area contributed by atoms with Crippen molar-refractivity contribution in [3.63, 3.8) is 0 Å². The van der Waals surface area contributed by atoms with Crippen molar-refractivity contribution in [2.75, 3.05) is 31.5 Å². The summed E-state index contributed by atoms with van der Waals surface area (Å²) in [4.78, 5) is 29.9. The third-order valence-corrected chi connectivity index (χ3v) is 7.66. The highest BCUT2D eigenvalue weighted by Crippen LogP contribution is 2.49. The van der Waals surface area contributed by atoms with Crippen molar-refractivity contribution in [1.29, 1.82) is 0 Å². The molecule has 34 heavy (non-hydrogen) atoms. The standard InChI is InChI=1S/C25H27ClN4O4/c26-18-13-16-14-19(23(31)30-10-8-29(9-11-30)15-17-5-4-12-33-17)34-22(16)20-21(18)27-24(32)28-25(20)6-2-1-3-7-25/h4-5,12-14H,1-3,6-11,15H2,(H2,27,28,32). The summed E-state index contributed by atoms with van der Waals surface area (Å²) in [6.07, 6.45) is 6.50. The van der Waals surface area contributed by atoms with Crippen molar-refractivity contribution in [3.05, 3.63) is 52.6 Å². The molecular weight excluding hydrogens is 456 g/mol. The molecular formula is C25H27ClN4O4. The topological polar surface area (TPSA) is 91.0 Å². The third-order valence-electron chi connectivity index (χ3n) is 7.37. The number of benzene rings is 1. The van der Waals surface area contributed by atoms with E-state index in [1.54, 1.807) is 18.4 Å². The normalized spacial score (nSPS) is 20.3. The van der Waals surface area contributed by atoms with Gasteiger partial charge in [-0.3, -0.25) is 9.69 Å². The van der Waals surface area contributed by atoms with E-state index in [1.807, 2.05) is 17.0 Å². The maximum atomic E-state index is 13.3. The second-order valence-electron chi connectivity index (χ2n) is 9.51. The van der Waals surface area contributed by atoms with E-state index in [4.69, 9.17) is 20.4 Å². The van der Waals surface area contributed by atoms with Crippen LogP contribution in [0, 0.1) is 0 Å². The van der Waals surface area contributed by atoms with E-state index in [0.717, 1.165) is 68.4 Å². The van der Waals surface area contributed by atoms with E-state index >= 15 is 0 Å². The van der Waals surface area contributed by atoms with Gasteiger partial charge in [0.2, 0.25) is 0 Å². The molecule has 2 aliphatic heterocycles. The molecule has 1 saturated carbocycles. The Morgan fingerprint density at radius 1 is 1.12 bits per heavy atom. The summed E-state index contributed by atoms with van der Waals surface area (Å²) < 4.78 is 11.7. The molecule has 1 aromatic carbocycles. The fourth-order valence-corrected chi connectivity index (χ4v) is 5.94. The molecule has 2 aromatic heterocycles. The van der Waals surface area contributed by atoms with Crippen LogP contribution in [0.1, 0.15) is 54.0 Å². The number of hydrogen-bond donors (Lipinski definition) is 2. The molecule has 0 bridgehead atoms. The second-order valence-corrected chi connectivity index (χ2v) is 9.91. The first-order chi connectivity index (χ1) is 16.5. The van der Waals surface area contributed by atoms with E-state index in [1.165, 1.54) is 0 Å². The number of anilines is 1. The van der Waals surface area contributed by atoms with Crippen LogP contribution in [0.3, 0.4) is 0 Å². The van der Waals surface area contributed by atoms with Crippen LogP contribution in [-0.2, 0) is 12.1 Å². The Morgan fingerprint density at radius 3 is 2.65 bits per heavy atom. The molecule has 1 spiro atoms. The van der Waals surface area contributed by atoms with Gasteiger partial charge >= 0.3 is 6.03 Å². The number of rotatable bonds is 3. The molecule has 2 fully saturated rings. The van der Waals surface area contributed by atoms with E-state index in [9.17, 15) is 9.59 Å². The van der Waals surface area contributed by atoms with Crippen molar-refractivity contribution in [1.82, 2.24) is 15.1 Å². The Balaban J connectivity index is 1.28. The summed E-state index contributed by atoms with van der Waals surface area (Å²) in [5.74, 6) is 1.11. The number of furan rings is 2. The quantitative estimate of drug-likeness (QED) is 0.552. The molecule has 1 aliphatic carbocycles. The first-order valence-corrected chi connectivity index (χ1v) is 12.3. The van der Waals surface area contributed by atoms with Crippen molar-refractivity contribution in [2.45, 2.75) is 44.2 Å². The largest absolute Gasteiger partial charge is 0.468 e. The monoisotopic (exact) mass is 482 g/mol. The van der Waals surface area contributed by atoms with E-state index in [0.29, 0.717) is 35.1 Å². The summed E-state index contributed by atoms with van der Waals surface area (Å²) in [5, 5.41) is 7.27. The van der Waals surface area contributed by atoms with E-state index < -0.39 is 5.54 Å². The number of nitrogens with one attached hydrogen (secondary N) is 2. The minimum Gasteiger partial charge on any atom is -0.468 e. The summed E-state index contributed by atoms with van der Waals surface area (Å²) in [6, 6.07) is 7.17. The van der Waals surface area contributed by atoms with Crippen molar-refractivity contribution >= 4 is 40.2 Å². The lowest BCUT2D eigenvalue weighted by Gasteiger charge is -2.42. The van der Waals surface area contributed by atoms with Gasteiger partial charge in [-0.25, -0.2) is 4.79 Å². The van der Waals surface area contributed by atoms with Gasteiger partial charge in [-0.2, -0.15) is 0 Å². The molecule has 9 heteroatoms. The predicted molar refractivity (Wildman–Crippen MR) is 128 cm³/mol. The zero-order valence-electron chi connectivity index (χ0n) is 18.9. The molecule has 1 saturated heterocycles. The molecule has 2 N–H and O–H groups in total. The Labute approximate surface area is 202 Å². The van der Waals surface area contributed by atoms with Gasteiger partial charge in [0.25, 0.3) is 5.91 Å². The lowest BCUT2D eigenvalue weighted by Crippen LogP contribution is -2.52. The molecule has 6 rings (SSSR count). The van der Waals surface area contributed by atoms with Crippen LogP contribution in [0.5, 0.6) is 0 Å². The minimum absolute atomic E-state index is 0.121. The smallest absolute Gasteiger partial charge is 0.319 e. The third kappa shape index (κ3) is 3.65. The van der Waals surface area contributed by atoms with Gasteiger partial charge in [0.05, 0.1) is 29.1 Å². The van der Waals surface area contributed by atoms with E-state index in [-0.39, 0.29) is 11.9 Å². The molecule has 3 amide bonds. The molecule has 4 heterocycles. The van der Waals surface area contributed by atoms with Crippen LogP contribution >= 0.6 is 11.6 Å². The number of fused-ring (bicyclic) bond motifs is 4. The van der Waals surface area contributed by atoms with Crippen LogP contribution in [0.2, 0.25) is 5.02 Å². The van der Waals surface area contributed by atoms with Gasteiger partial charge < -0.3 is 24.4 Å². The van der Waals surface area contributed by atoms with Gasteiger partial charge in [0.15, 0.2) is 5.76 Å². The molecule has 0 atom stereocenters. The van der Waals surface area contributed by atoms with Gasteiger partial charge in [0, 0.05) is 37.1 Å². The van der Waals surface area contributed by atoms with Crippen molar-refractivity contribution in [3.8, 4) is 0 Å². The first-order valence-electron chi connectivity index (χ1n) is 11.9. The number of carbonyl (C=O) groups excluding carboxylic acids is 2. The number of piperazine rings is 1. The van der Waals surface area contributed by atoms with Crippen molar-refractivity contribution < 1.29 is 18.4 Å². The summed E-state index contributed by atoms with van der Waals surface area (Å²) >= 11 is 6.61. The van der Waals surface area contributed by atoms with Crippen LogP contribution in [0.25, 0.3) is 11.0 Å². The highest BCUT2D eigenvalue weighted by molar-refractivity contribution is 6.35. The predicted octanol–water partition coefficient (Wildman–Crippen LogP) is 4.93. The SMILES string of the molecule is O=C1Nc2c(Cl)cc3cc(C(=O)N4CCN(Cc5ccco5)CC4)oc3c2C2(CCCCC2)N1. The fourth-order valence-electron chi connectivity index (χ4n) is 5.68. The maximum absolute atomic E-state index is 13.3. The van der Waals surface area contributed by atoms with E-state index in [2.05, 4.69) is 15.5 Å². The molecule has 3 aromatic rings. The van der Waals surface area contributed by atoms with Crippen molar-refractivity contribution in [2.24, 2.45) is 0 Å². The van der Waals surface area contributed by atoms with Crippen LogP contribution < -0.4 is 10.6 Å². The van der Waals surface area contributed by atoms with Crippen LogP contribution in [-0.4, -0.2) is 47.9 Å². The maximum Gasteiger partial charge on any atom is 0.319 e. The summed E-state index contributed by atoms with van der Waals surface area (Å²) in [5.41, 5.74) is 1.58. The van der Waals surface area contributed by atoms with Gasteiger partial charge in [0.1, 0.15) is 11.3 Å². The molecule has 0 unspecified atom stereocenters. The molecule has 8 nitrogen and oxygen atoms in total. The average molecular weight is 483 g/mol. The average Bonchev–Trinajstić information content (AvgIpc) is 3.49. The molecule has 3 aliphatic rings. The first kappa shape index (κ1) is 21.6. The lowest BCUT2D eigenvalue weighted by molar-refractivity contribution is 0.0592. The molecule has 178 valence electrons. The Bertz CT molecular complexity index is 1240. The zero-order valence-corrected chi connectivity index (χ0v) is 19.6.